The highest BCUT2D eigenvalue weighted by Gasteiger charge is 2.11. The molecule has 0 spiro atoms. The number of rotatable bonds is 4. The van der Waals surface area contributed by atoms with Crippen LogP contribution in [0.4, 0.5) is 0 Å². The molecule has 21 heavy (non-hydrogen) atoms. The summed E-state index contributed by atoms with van der Waals surface area (Å²) in [6, 6.07) is 1.89. The summed E-state index contributed by atoms with van der Waals surface area (Å²) in [5.74, 6) is 1.19. The number of thiophene rings is 1. The summed E-state index contributed by atoms with van der Waals surface area (Å²) >= 11 is 4.69. The third kappa shape index (κ3) is 2.90. The van der Waals surface area contributed by atoms with Crippen molar-refractivity contribution in [2.75, 3.05) is 0 Å². The lowest BCUT2D eigenvalue weighted by Crippen LogP contribution is -2.18. The average Bonchev–Trinajstić information content (AvgIpc) is 3.10. The van der Waals surface area contributed by atoms with E-state index in [0.29, 0.717) is 5.92 Å². The second kappa shape index (κ2) is 5.90. The Balaban J connectivity index is 1.84. The van der Waals surface area contributed by atoms with E-state index in [9.17, 15) is 4.79 Å². The molecule has 0 aliphatic rings. The van der Waals surface area contributed by atoms with Crippen LogP contribution in [0.15, 0.2) is 26.8 Å². The SMILES string of the molecule is CC(C)c1nc(CSc2nc3ccsc3c(=O)n2C)cs1. The van der Waals surface area contributed by atoms with E-state index < -0.39 is 0 Å². The largest absolute Gasteiger partial charge is 0.290 e. The Morgan fingerprint density at radius 3 is 2.86 bits per heavy atom. The molecule has 3 aromatic rings. The van der Waals surface area contributed by atoms with Gasteiger partial charge in [0, 0.05) is 24.1 Å². The van der Waals surface area contributed by atoms with Crippen molar-refractivity contribution in [3.05, 3.63) is 37.9 Å². The van der Waals surface area contributed by atoms with Crippen LogP contribution in [0.2, 0.25) is 0 Å². The molecule has 4 nitrogen and oxygen atoms in total. The van der Waals surface area contributed by atoms with E-state index in [1.54, 1.807) is 34.7 Å². The van der Waals surface area contributed by atoms with Crippen molar-refractivity contribution >= 4 is 44.7 Å². The molecule has 0 unspecified atom stereocenters. The van der Waals surface area contributed by atoms with Gasteiger partial charge in [0.15, 0.2) is 5.16 Å². The van der Waals surface area contributed by atoms with Crippen molar-refractivity contribution in [3.63, 3.8) is 0 Å². The molecule has 0 aromatic carbocycles. The number of thioether (sulfide) groups is 1. The Morgan fingerprint density at radius 1 is 1.33 bits per heavy atom. The zero-order valence-corrected chi connectivity index (χ0v) is 14.4. The highest BCUT2D eigenvalue weighted by atomic mass is 32.2. The molecule has 0 bridgehead atoms. The highest BCUT2D eigenvalue weighted by molar-refractivity contribution is 7.98. The van der Waals surface area contributed by atoms with E-state index in [1.807, 2.05) is 11.4 Å². The molecule has 0 atom stereocenters. The first-order valence-corrected chi connectivity index (χ1v) is 9.32. The Hall–Kier alpha value is -1.18. The van der Waals surface area contributed by atoms with E-state index >= 15 is 0 Å². The van der Waals surface area contributed by atoms with Crippen molar-refractivity contribution in [2.45, 2.75) is 30.7 Å². The van der Waals surface area contributed by atoms with E-state index in [1.165, 1.54) is 11.3 Å². The summed E-state index contributed by atoms with van der Waals surface area (Å²) in [6.45, 7) is 4.29. The zero-order valence-electron chi connectivity index (χ0n) is 12.0. The Morgan fingerprint density at radius 2 is 2.14 bits per heavy atom. The summed E-state index contributed by atoms with van der Waals surface area (Å²) in [4.78, 5) is 21.4. The molecule has 0 aliphatic heterocycles. The van der Waals surface area contributed by atoms with Crippen LogP contribution >= 0.6 is 34.4 Å². The fourth-order valence-electron chi connectivity index (χ4n) is 1.89. The molecule has 0 aliphatic carbocycles. The molecule has 3 heterocycles. The normalized spacial score (nSPS) is 11.6. The zero-order chi connectivity index (χ0) is 15.0. The molecule has 0 saturated carbocycles. The lowest BCUT2D eigenvalue weighted by atomic mass is 10.2. The molecular formula is C14H15N3OS3. The van der Waals surface area contributed by atoms with Crippen LogP contribution in [0, 0.1) is 0 Å². The van der Waals surface area contributed by atoms with Crippen LogP contribution in [-0.2, 0) is 12.8 Å². The highest BCUT2D eigenvalue weighted by Crippen LogP contribution is 2.25. The minimum atomic E-state index is 0.0265. The molecule has 3 rings (SSSR count). The predicted molar refractivity (Wildman–Crippen MR) is 90.6 cm³/mol. The van der Waals surface area contributed by atoms with Gasteiger partial charge in [-0.1, -0.05) is 25.6 Å². The third-order valence-corrected chi connectivity index (χ3v) is 6.21. The molecule has 0 radical (unpaired) electrons. The molecule has 110 valence electrons. The van der Waals surface area contributed by atoms with E-state index in [2.05, 4.69) is 29.2 Å². The summed E-state index contributed by atoms with van der Waals surface area (Å²) < 4.78 is 2.34. The first-order chi connectivity index (χ1) is 10.1. The monoisotopic (exact) mass is 337 g/mol. The molecule has 3 aromatic heterocycles. The smallest absolute Gasteiger partial charge is 0.271 e. The number of thiazole rings is 1. The van der Waals surface area contributed by atoms with Crippen LogP contribution in [0.25, 0.3) is 10.2 Å². The van der Waals surface area contributed by atoms with E-state index in [0.717, 1.165) is 31.8 Å². The molecule has 7 heteroatoms. The molecule has 0 fully saturated rings. The fraction of sp³-hybridized carbons (Fsp3) is 0.357. The maximum atomic E-state index is 12.2. The Bertz CT molecular complexity index is 831. The first kappa shape index (κ1) is 14.7. The molecule has 0 amide bonds. The second-order valence-electron chi connectivity index (χ2n) is 5.01. The van der Waals surface area contributed by atoms with Gasteiger partial charge in [-0.3, -0.25) is 9.36 Å². The minimum absolute atomic E-state index is 0.0265. The van der Waals surface area contributed by atoms with E-state index in [4.69, 9.17) is 0 Å². The first-order valence-electron chi connectivity index (χ1n) is 6.57. The summed E-state index contributed by atoms with van der Waals surface area (Å²) in [6.07, 6.45) is 0. The topological polar surface area (TPSA) is 47.8 Å². The average molecular weight is 337 g/mol. The molecule has 0 N–H and O–H groups in total. The minimum Gasteiger partial charge on any atom is -0.290 e. The number of aromatic nitrogens is 3. The molecular weight excluding hydrogens is 322 g/mol. The van der Waals surface area contributed by atoms with Gasteiger partial charge in [-0.25, -0.2) is 9.97 Å². The van der Waals surface area contributed by atoms with Crippen molar-refractivity contribution < 1.29 is 0 Å². The third-order valence-electron chi connectivity index (χ3n) is 3.06. The predicted octanol–water partition coefficient (Wildman–Crippen LogP) is 3.87. The van der Waals surface area contributed by atoms with Gasteiger partial charge in [0.2, 0.25) is 0 Å². The van der Waals surface area contributed by atoms with Gasteiger partial charge in [0.05, 0.1) is 16.2 Å². The van der Waals surface area contributed by atoms with Crippen LogP contribution in [0.1, 0.15) is 30.5 Å². The van der Waals surface area contributed by atoms with Gasteiger partial charge in [-0.15, -0.1) is 22.7 Å². The Kier molecular flexibility index (Phi) is 4.14. The van der Waals surface area contributed by atoms with Crippen molar-refractivity contribution in [1.82, 2.24) is 14.5 Å². The maximum Gasteiger partial charge on any atom is 0.271 e. The number of hydrogen-bond donors (Lipinski definition) is 0. The number of fused-ring (bicyclic) bond motifs is 1. The van der Waals surface area contributed by atoms with Crippen LogP contribution in [0.3, 0.4) is 0 Å². The van der Waals surface area contributed by atoms with Gasteiger partial charge in [-0.05, 0) is 11.4 Å². The Labute approximate surface area is 134 Å². The maximum absolute atomic E-state index is 12.2. The number of hydrogen-bond acceptors (Lipinski definition) is 6. The van der Waals surface area contributed by atoms with Crippen molar-refractivity contribution in [3.8, 4) is 0 Å². The lowest BCUT2D eigenvalue weighted by Gasteiger charge is -2.05. The van der Waals surface area contributed by atoms with Crippen LogP contribution < -0.4 is 5.56 Å². The quantitative estimate of drug-likeness (QED) is 0.536. The van der Waals surface area contributed by atoms with Crippen LogP contribution in [0.5, 0.6) is 0 Å². The van der Waals surface area contributed by atoms with E-state index in [-0.39, 0.29) is 5.56 Å². The van der Waals surface area contributed by atoms with Crippen molar-refractivity contribution in [1.29, 1.82) is 0 Å². The van der Waals surface area contributed by atoms with Gasteiger partial charge >= 0.3 is 0 Å². The van der Waals surface area contributed by atoms with Gasteiger partial charge < -0.3 is 0 Å². The lowest BCUT2D eigenvalue weighted by molar-refractivity contribution is 0.727. The van der Waals surface area contributed by atoms with Gasteiger partial charge in [-0.2, -0.15) is 0 Å². The standard InChI is InChI=1S/C14H15N3OS3/c1-8(2)12-15-9(6-20-12)7-21-14-16-10-4-5-19-11(10)13(18)17(14)3/h4-6,8H,7H2,1-3H3. The van der Waals surface area contributed by atoms with Gasteiger partial charge in [0.1, 0.15) is 4.70 Å². The van der Waals surface area contributed by atoms with Crippen LogP contribution in [-0.4, -0.2) is 14.5 Å². The molecule has 0 saturated heterocycles. The van der Waals surface area contributed by atoms with Crippen molar-refractivity contribution in [2.24, 2.45) is 7.05 Å². The van der Waals surface area contributed by atoms with Gasteiger partial charge in [0.25, 0.3) is 5.56 Å². The summed E-state index contributed by atoms with van der Waals surface area (Å²) in [7, 11) is 1.78. The number of nitrogens with zero attached hydrogens (tertiary/aromatic N) is 3. The summed E-state index contributed by atoms with van der Waals surface area (Å²) in [5, 5.41) is 5.89. The second-order valence-corrected chi connectivity index (χ2v) is 7.76. The summed E-state index contributed by atoms with van der Waals surface area (Å²) in [5.41, 5.74) is 1.86. The fourth-order valence-corrected chi connectivity index (χ4v) is 4.50.